The Labute approximate surface area is 273 Å². The van der Waals surface area contributed by atoms with Crippen molar-refractivity contribution in [2.75, 3.05) is 31.3 Å². The lowest BCUT2D eigenvalue weighted by atomic mass is 9.85. The molecule has 8 nitrogen and oxygen atoms in total. The summed E-state index contributed by atoms with van der Waals surface area (Å²) in [6, 6.07) is 28.0. The molecule has 0 spiro atoms. The zero-order valence-corrected chi connectivity index (χ0v) is 26.6. The van der Waals surface area contributed by atoms with Crippen molar-refractivity contribution >= 4 is 41.1 Å². The molecule has 0 radical (unpaired) electrons. The fourth-order valence-electron chi connectivity index (χ4n) is 5.44. The van der Waals surface area contributed by atoms with Gasteiger partial charge in [0.25, 0.3) is 0 Å². The van der Waals surface area contributed by atoms with Crippen LogP contribution >= 0.6 is 23.4 Å². The number of amides is 2. The smallest absolute Gasteiger partial charge is 0.407 e. The van der Waals surface area contributed by atoms with E-state index in [0.717, 1.165) is 51.9 Å². The van der Waals surface area contributed by atoms with Gasteiger partial charge in [0, 0.05) is 52.8 Å². The van der Waals surface area contributed by atoms with Gasteiger partial charge in [0.05, 0.1) is 19.3 Å². The first-order valence-corrected chi connectivity index (χ1v) is 16.3. The maximum absolute atomic E-state index is 14.0. The molecule has 234 valence electrons. The molecule has 45 heavy (non-hydrogen) atoms. The molecule has 2 heterocycles. The molecular formula is C35H37ClN4O4S. The first-order chi connectivity index (χ1) is 22.0. The first kappa shape index (κ1) is 32.5. The number of aromatic nitrogens is 1. The Bertz CT molecular complexity index is 1490. The van der Waals surface area contributed by atoms with Gasteiger partial charge in [-0.15, -0.1) is 11.8 Å². The number of aryl methyl sites for hydroxylation is 1. The Morgan fingerprint density at radius 2 is 1.64 bits per heavy atom. The molecule has 1 aliphatic rings. The van der Waals surface area contributed by atoms with Crippen LogP contribution in [-0.2, 0) is 20.7 Å². The Balaban J connectivity index is 1.27. The second-order valence-electron chi connectivity index (χ2n) is 10.8. The zero-order chi connectivity index (χ0) is 31.4. The third-order valence-corrected chi connectivity index (χ3v) is 9.08. The summed E-state index contributed by atoms with van der Waals surface area (Å²) in [5, 5.41) is 10.1. The Morgan fingerprint density at radius 3 is 2.40 bits per heavy atom. The number of thioether (sulfide) groups is 1. The largest absolute Gasteiger partial charge is 0.453 e. The molecule has 4 atom stereocenters. The van der Waals surface area contributed by atoms with Crippen LogP contribution in [0.15, 0.2) is 108 Å². The van der Waals surface area contributed by atoms with Crippen LogP contribution in [0.2, 0.25) is 5.02 Å². The maximum atomic E-state index is 14.0. The molecular weight excluding hydrogens is 608 g/mol. The number of benzene rings is 3. The number of nitrogens with zero attached hydrogens (tertiary/aromatic N) is 1. The molecule has 1 fully saturated rings. The van der Waals surface area contributed by atoms with Gasteiger partial charge in [0.1, 0.15) is 6.04 Å². The van der Waals surface area contributed by atoms with Crippen LogP contribution in [0.1, 0.15) is 29.0 Å². The zero-order valence-electron chi connectivity index (χ0n) is 25.0. The average Bonchev–Trinajstić information content (AvgIpc) is 3.08. The monoisotopic (exact) mass is 644 g/mol. The summed E-state index contributed by atoms with van der Waals surface area (Å²) in [6.45, 7) is 1.57. The number of pyridine rings is 1. The highest BCUT2D eigenvalue weighted by Gasteiger charge is 2.33. The SMILES string of the molecule is COC(=O)NC(C(=O)Nc1ccccc1CCC1CNCC(CSc2ccc(Cl)cc2)O1)C(c1ccccc1)c1ccncc1. The quantitative estimate of drug-likeness (QED) is 0.155. The van der Waals surface area contributed by atoms with Crippen molar-refractivity contribution in [1.82, 2.24) is 15.6 Å². The third kappa shape index (κ3) is 9.31. The van der Waals surface area contributed by atoms with Crippen LogP contribution in [0.25, 0.3) is 0 Å². The maximum Gasteiger partial charge on any atom is 0.407 e. The van der Waals surface area contributed by atoms with Crippen LogP contribution in [-0.4, -0.2) is 61.2 Å². The van der Waals surface area contributed by atoms with E-state index < -0.39 is 18.1 Å². The lowest BCUT2D eigenvalue weighted by molar-refractivity contribution is -0.118. The lowest BCUT2D eigenvalue weighted by Gasteiger charge is -2.31. The molecule has 1 aromatic heterocycles. The van der Waals surface area contributed by atoms with Gasteiger partial charge in [-0.25, -0.2) is 4.79 Å². The number of hydrogen-bond donors (Lipinski definition) is 3. The van der Waals surface area contributed by atoms with E-state index in [9.17, 15) is 9.59 Å². The van der Waals surface area contributed by atoms with Gasteiger partial charge < -0.3 is 25.4 Å². The molecule has 0 saturated carbocycles. The van der Waals surface area contributed by atoms with E-state index in [1.807, 2.05) is 91.0 Å². The van der Waals surface area contributed by atoms with Crippen molar-refractivity contribution in [3.8, 4) is 0 Å². The van der Waals surface area contributed by atoms with Crippen LogP contribution < -0.4 is 16.0 Å². The molecule has 4 aromatic rings. The van der Waals surface area contributed by atoms with Gasteiger partial charge >= 0.3 is 6.09 Å². The molecule has 1 saturated heterocycles. The summed E-state index contributed by atoms with van der Waals surface area (Å²) < 4.78 is 11.4. The second-order valence-corrected chi connectivity index (χ2v) is 12.3. The minimum Gasteiger partial charge on any atom is -0.453 e. The van der Waals surface area contributed by atoms with E-state index in [0.29, 0.717) is 12.1 Å². The predicted molar refractivity (Wildman–Crippen MR) is 179 cm³/mol. The van der Waals surface area contributed by atoms with Crippen molar-refractivity contribution in [3.63, 3.8) is 0 Å². The molecule has 3 N–H and O–H groups in total. The minimum atomic E-state index is -0.958. The van der Waals surface area contributed by atoms with Crippen molar-refractivity contribution < 1.29 is 19.1 Å². The summed E-state index contributed by atoms with van der Waals surface area (Å²) in [5.74, 6) is 0.00473. The van der Waals surface area contributed by atoms with Crippen molar-refractivity contribution in [3.05, 3.63) is 125 Å². The number of nitrogens with one attached hydrogen (secondary N) is 3. The van der Waals surface area contributed by atoms with Gasteiger partial charge in [-0.05, 0) is 72.0 Å². The highest BCUT2D eigenvalue weighted by atomic mass is 35.5. The van der Waals surface area contributed by atoms with E-state index in [4.69, 9.17) is 21.1 Å². The number of carbonyl (C=O) groups excluding carboxylic acids is 2. The molecule has 1 aliphatic heterocycles. The van der Waals surface area contributed by atoms with E-state index in [1.165, 1.54) is 7.11 Å². The molecule has 5 rings (SSSR count). The normalized spacial score (nSPS) is 17.6. The number of methoxy groups -OCH3 is 1. The summed E-state index contributed by atoms with van der Waals surface area (Å²) in [6.07, 6.45) is 4.29. The molecule has 4 unspecified atom stereocenters. The third-order valence-electron chi connectivity index (χ3n) is 7.69. The lowest BCUT2D eigenvalue weighted by Crippen LogP contribution is -2.48. The number of halogens is 1. The number of anilines is 1. The molecule has 10 heteroatoms. The summed E-state index contributed by atoms with van der Waals surface area (Å²) in [5.41, 5.74) is 3.40. The van der Waals surface area contributed by atoms with Crippen LogP contribution in [0, 0.1) is 0 Å². The number of alkyl carbamates (subject to hydrolysis) is 1. The summed E-state index contributed by atoms with van der Waals surface area (Å²) >= 11 is 7.77. The first-order valence-electron chi connectivity index (χ1n) is 14.9. The number of morpholine rings is 1. The van der Waals surface area contributed by atoms with Crippen LogP contribution in [0.4, 0.5) is 10.5 Å². The summed E-state index contributed by atoms with van der Waals surface area (Å²) in [7, 11) is 1.28. The number of para-hydroxylation sites is 1. The number of ether oxygens (including phenoxy) is 2. The van der Waals surface area contributed by atoms with Crippen molar-refractivity contribution in [2.24, 2.45) is 0 Å². The highest BCUT2D eigenvalue weighted by Crippen LogP contribution is 2.30. The standard InChI is InChI=1S/C35H37ClN4O4S/c1-43-35(42)40-33(32(25-8-3-2-4-9-25)26-17-19-37-20-18-26)34(41)39-31-10-6-5-7-24(31)11-14-28-21-38-22-29(44-28)23-45-30-15-12-27(36)13-16-30/h2-10,12-13,15-20,28-29,32-33,38H,11,14,21-23H2,1H3,(H,39,41)(H,40,42). The molecule has 0 bridgehead atoms. The van der Waals surface area contributed by atoms with Gasteiger partial charge in [0.15, 0.2) is 0 Å². The predicted octanol–water partition coefficient (Wildman–Crippen LogP) is 6.31. The fraction of sp³-hybridized carbons (Fsp3) is 0.286. The Kier molecular flexibility index (Phi) is 11.9. The van der Waals surface area contributed by atoms with Crippen LogP contribution in [0.3, 0.4) is 0 Å². The van der Waals surface area contributed by atoms with E-state index in [1.54, 1.807) is 24.2 Å². The number of rotatable bonds is 12. The molecule has 2 amide bonds. The van der Waals surface area contributed by atoms with Gasteiger partial charge in [-0.2, -0.15) is 0 Å². The highest BCUT2D eigenvalue weighted by molar-refractivity contribution is 7.99. The van der Waals surface area contributed by atoms with Gasteiger partial charge in [-0.1, -0.05) is 60.1 Å². The van der Waals surface area contributed by atoms with E-state index in [-0.39, 0.29) is 18.1 Å². The van der Waals surface area contributed by atoms with Crippen molar-refractivity contribution in [2.45, 2.75) is 41.9 Å². The summed E-state index contributed by atoms with van der Waals surface area (Å²) in [4.78, 5) is 31.8. The van der Waals surface area contributed by atoms with Gasteiger partial charge in [-0.3, -0.25) is 9.78 Å². The van der Waals surface area contributed by atoms with Gasteiger partial charge in [0.2, 0.25) is 5.91 Å². The fourth-order valence-corrected chi connectivity index (χ4v) is 6.47. The number of carbonyl (C=O) groups is 2. The minimum absolute atomic E-state index is 0.0428. The molecule has 0 aliphatic carbocycles. The van der Waals surface area contributed by atoms with Crippen molar-refractivity contribution in [1.29, 1.82) is 0 Å². The topological polar surface area (TPSA) is 102 Å². The molecule has 3 aromatic carbocycles. The average molecular weight is 645 g/mol. The number of hydrogen-bond acceptors (Lipinski definition) is 7. The second kappa shape index (κ2) is 16.4. The Hall–Kier alpha value is -3.89. The van der Waals surface area contributed by atoms with Crippen LogP contribution in [0.5, 0.6) is 0 Å². The Morgan fingerprint density at radius 1 is 0.956 bits per heavy atom. The van der Waals surface area contributed by atoms with E-state index >= 15 is 0 Å². The van der Waals surface area contributed by atoms with E-state index in [2.05, 4.69) is 20.9 Å².